The number of likely N-dealkylation sites (tertiary alicyclic amines) is 1. The van der Waals surface area contributed by atoms with E-state index >= 15 is 0 Å². The summed E-state index contributed by atoms with van der Waals surface area (Å²) in [5.41, 5.74) is 1.97. The normalized spacial score (nSPS) is 17.2. The maximum atomic E-state index is 13.1. The molecule has 0 saturated carbocycles. The first-order valence-corrected chi connectivity index (χ1v) is 14.6. The molecule has 2 aliphatic rings. The lowest BCUT2D eigenvalue weighted by atomic mass is 10.1. The fraction of sp³-hybridized carbons (Fsp3) is 0.500. The average Bonchev–Trinajstić information content (AvgIpc) is 3.48. The second kappa shape index (κ2) is 12.6. The van der Waals surface area contributed by atoms with Crippen LogP contribution in [0.15, 0.2) is 35.2 Å². The number of halogens is 1. The molecule has 200 valence electrons. The number of thiophene rings is 1. The number of amides is 2. The summed E-state index contributed by atoms with van der Waals surface area (Å²) in [6.45, 7) is 8.46. The number of nitrogens with zero attached hydrogens (tertiary/aromatic N) is 2. The van der Waals surface area contributed by atoms with Crippen LogP contribution in [-0.4, -0.2) is 67.1 Å². The molecule has 0 spiro atoms. The molecule has 11 heteroatoms. The summed E-state index contributed by atoms with van der Waals surface area (Å²) in [4.78, 5) is 43.6. The first-order valence-electron chi connectivity index (χ1n) is 12.6. The second-order valence-corrected chi connectivity index (χ2v) is 12.0. The SMILES string of the molecule is CCc1c(SN[C@@H](CNC(=O)c2ccc(Cl)s2)C(=O)OC2CN(C(C)C)C2)cccc1N1CCCC1=O. The summed E-state index contributed by atoms with van der Waals surface area (Å²) in [5, 5.41) is 2.83. The molecule has 0 unspecified atom stereocenters. The van der Waals surface area contributed by atoms with Crippen LogP contribution in [0.25, 0.3) is 0 Å². The van der Waals surface area contributed by atoms with Gasteiger partial charge in [-0.05, 0) is 68.5 Å². The van der Waals surface area contributed by atoms with E-state index in [1.165, 1.54) is 23.3 Å². The lowest BCUT2D eigenvalue weighted by Gasteiger charge is -2.41. The van der Waals surface area contributed by atoms with Gasteiger partial charge in [0.1, 0.15) is 12.1 Å². The van der Waals surface area contributed by atoms with Crippen molar-refractivity contribution in [2.75, 3.05) is 31.1 Å². The van der Waals surface area contributed by atoms with Crippen LogP contribution in [0.3, 0.4) is 0 Å². The topological polar surface area (TPSA) is 91.0 Å². The van der Waals surface area contributed by atoms with Crippen molar-refractivity contribution in [2.24, 2.45) is 0 Å². The molecule has 4 rings (SSSR count). The molecule has 0 bridgehead atoms. The lowest BCUT2D eigenvalue weighted by molar-refractivity contribution is -0.160. The van der Waals surface area contributed by atoms with Gasteiger partial charge in [0.2, 0.25) is 5.91 Å². The van der Waals surface area contributed by atoms with E-state index in [0.717, 1.165) is 35.5 Å². The molecule has 2 fully saturated rings. The number of benzene rings is 1. The molecule has 2 aromatic rings. The Morgan fingerprint density at radius 2 is 2.03 bits per heavy atom. The molecule has 2 saturated heterocycles. The van der Waals surface area contributed by atoms with E-state index in [1.54, 1.807) is 12.1 Å². The first kappa shape index (κ1) is 27.9. The molecule has 8 nitrogen and oxygen atoms in total. The van der Waals surface area contributed by atoms with E-state index < -0.39 is 12.0 Å². The van der Waals surface area contributed by atoms with Crippen LogP contribution < -0.4 is 14.9 Å². The molecule has 37 heavy (non-hydrogen) atoms. The van der Waals surface area contributed by atoms with Crippen molar-refractivity contribution in [1.29, 1.82) is 0 Å². The number of rotatable bonds is 11. The zero-order chi connectivity index (χ0) is 26.5. The van der Waals surface area contributed by atoms with E-state index in [1.807, 2.05) is 23.1 Å². The predicted octanol–water partition coefficient (Wildman–Crippen LogP) is 4.12. The van der Waals surface area contributed by atoms with Crippen LogP contribution in [0, 0.1) is 0 Å². The number of carbonyl (C=O) groups excluding carboxylic acids is 3. The van der Waals surface area contributed by atoms with E-state index in [2.05, 4.69) is 35.7 Å². The van der Waals surface area contributed by atoms with Gasteiger partial charge in [0, 0.05) is 49.2 Å². The maximum absolute atomic E-state index is 13.1. The van der Waals surface area contributed by atoms with Crippen molar-refractivity contribution in [3.05, 3.63) is 45.1 Å². The van der Waals surface area contributed by atoms with Gasteiger partial charge in [0.05, 0.1) is 9.21 Å². The van der Waals surface area contributed by atoms with Crippen molar-refractivity contribution in [2.45, 2.75) is 63.1 Å². The Balaban J connectivity index is 1.44. The third-order valence-corrected chi connectivity index (χ3v) is 8.81. The highest BCUT2D eigenvalue weighted by molar-refractivity contribution is 7.97. The summed E-state index contributed by atoms with van der Waals surface area (Å²) < 4.78 is 9.51. The highest BCUT2D eigenvalue weighted by Gasteiger charge is 2.34. The lowest BCUT2D eigenvalue weighted by Crippen LogP contribution is -2.57. The summed E-state index contributed by atoms with van der Waals surface area (Å²) >= 11 is 8.47. The maximum Gasteiger partial charge on any atom is 0.326 e. The highest BCUT2D eigenvalue weighted by atomic mass is 35.5. The molecular formula is C26H33ClN4O4S2. The van der Waals surface area contributed by atoms with Gasteiger partial charge in [-0.2, -0.15) is 0 Å². The molecular weight excluding hydrogens is 532 g/mol. The Bertz CT molecular complexity index is 1140. The monoisotopic (exact) mass is 564 g/mol. The molecule has 2 amide bonds. The zero-order valence-electron chi connectivity index (χ0n) is 21.3. The Labute approximate surface area is 231 Å². The van der Waals surface area contributed by atoms with Crippen molar-refractivity contribution in [3.8, 4) is 0 Å². The third kappa shape index (κ3) is 6.86. The zero-order valence-corrected chi connectivity index (χ0v) is 23.7. The van der Waals surface area contributed by atoms with Crippen LogP contribution in [0.2, 0.25) is 4.34 Å². The van der Waals surface area contributed by atoms with Crippen LogP contribution in [0.4, 0.5) is 5.69 Å². The van der Waals surface area contributed by atoms with Crippen molar-refractivity contribution < 1.29 is 19.1 Å². The second-order valence-electron chi connectivity index (χ2n) is 9.45. The fourth-order valence-corrected chi connectivity index (χ4v) is 6.33. The van der Waals surface area contributed by atoms with Gasteiger partial charge in [0.15, 0.2) is 0 Å². The third-order valence-electron chi connectivity index (χ3n) is 6.57. The van der Waals surface area contributed by atoms with Crippen LogP contribution in [-0.2, 0) is 20.7 Å². The smallest absolute Gasteiger partial charge is 0.326 e. The molecule has 2 N–H and O–H groups in total. The minimum absolute atomic E-state index is 0.0621. The van der Waals surface area contributed by atoms with E-state index in [-0.39, 0.29) is 24.5 Å². The van der Waals surface area contributed by atoms with E-state index in [4.69, 9.17) is 16.3 Å². The number of carbonyl (C=O) groups is 3. The summed E-state index contributed by atoms with van der Waals surface area (Å²) in [6.07, 6.45) is 2.00. The van der Waals surface area contributed by atoms with E-state index in [0.29, 0.717) is 34.8 Å². The fourth-order valence-electron chi connectivity index (χ4n) is 4.40. The average molecular weight is 565 g/mol. The standard InChI is InChI=1S/C26H33ClN4O4S2/c1-4-18-20(31-12-6-9-24(31)32)7-5-8-21(18)37-29-19(13-28-25(33)22-10-11-23(27)36-22)26(34)35-17-14-30(15-17)16(2)3/h5,7-8,10-11,16-17,19,29H,4,6,9,12-15H2,1-3H3,(H,28,33)/t19-/m0/s1. The quantitative estimate of drug-likeness (QED) is 0.313. The first-order chi connectivity index (χ1) is 17.8. The minimum atomic E-state index is -0.765. The Hall–Kier alpha value is -2.11. The minimum Gasteiger partial charge on any atom is -0.458 e. The van der Waals surface area contributed by atoms with Gasteiger partial charge in [0.25, 0.3) is 5.91 Å². The van der Waals surface area contributed by atoms with E-state index in [9.17, 15) is 14.4 Å². The number of hydrogen-bond donors (Lipinski definition) is 2. The Kier molecular flexibility index (Phi) is 9.52. The Morgan fingerprint density at radius 1 is 1.24 bits per heavy atom. The number of hydrogen-bond acceptors (Lipinski definition) is 8. The van der Waals surface area contributed by atoms with Crippen molar-refractivity contribution in [3.63, 3.8) is 0 Å². The predicted molar refractivity (Wildman–Crippen MR) is 148 cm³/mol. The van der Waals surface area contributed by atoms with Crippen molar-refractivity contribution in [1.82, 2.24) is 14.9 Å². The van der Waals surface area contributed by atoms with Crippen LogP contribution in [0.1, 0.15) is 48.8 Å². The van der Waals surface area contributed by atoms with Gasteiger partial charge in [-0.1, -0.05) is 24.6 Å². The highest BCUT2D eigenvalue weighted by Crippen LogP contribution is 2.33. The summed E-state index contributed by atoms with van der Waals surface area (Å²) in [5.74, 6) is -0.562. The molecule has 1 atom stereocenters. The largest absolute Gasteiger partial charge is 0.458 e. The summed E-state index contributed by atoms with van der Waals surface area (Å²) in [6, 6.07) is 8.84. The van der Waals surface area contributed by atoms with Crippen LogP contribution in [0.5, 0.6) is 0 Å². The molecule has 1 aromatic heterocycles. The van der Waals surface area contributed by atoms with Crippen molar-refractivity contribution >= 4 is 58.4 Å². The van der Waals surface area contributed by atoms with Gasteiger partial charge in [-0.3, -0.25) is 19.3 Å². The molecule has 0 aliphatic carbocycles. The molecule has 1 aromatic carbocycles. The van der Waals surface area contributed by atoms with Crippen LogP contribution >= 0.6 is 34.9 Å². The number of ether oxygens (including phenoxy) is 1. The number of esters is 1. The Morgan fingerprint density at radius 3 is 2.65 bits per heavy atom. The van der Waals surface area contributed by atoms with Gasteiger partial charge in [-0.15, -0.1) is 11.3 Å². The van der Waals surface area contributed by atoms with Gasteiger partial charge >= 0.3 is 5.97 Å². The molecule has 2 aliphatic heterocycles. The van der Waals surface area contributed by atoms with Gasteiger partial charge in [-0.25, -0.2) is 4.72 Å². The summed E-state index contributed by atoms with van der Waals surface area (Å²) in [7, 11) is 0. The van der Waals surface area contributed by atoms with Gasteiger partial charge < -0.3 is 15.0 Å². The number of nitrogens with one attached hydrogen (secondary N) is 2. The number of anilines is 1. The molecule has 3 heterocycles. The molecule has 0 radical (unpaired) electrons.